The van der Waals surface area contributed by atoms with E-state index in [0.717, 1.165) is 15.6 Å². The SMILES string of the molecule is N[C@@]1(P(=O)(O)O)Cc2cccc(Br)c2C1. The molecule has 1 aliphatic rings. The van der Waals surface area contributed by atoms with Crippen molar-refractivity contribution in [3.05, 3.63) is 33.8 Å². The normalized spacial score (nSPS) is 25.3. The number of halogens is 1. The zero-order valence-electron chi connectivity index (χ0n) is 7.85. The molecule has 0 radical (unpaired) electrons. The van der Waals surface area contributed by atoms with Crippen LogP contribution in [0.15, 0.2) is 22.7 Å². The molecule has 6 heteroatoms. The lowest BCUT2D eigenvalue weighted by molar-refractivity contribution is 0.327. The molecule has 2 rings (SSSR count). The second-order valence-corrected chi connectivity index (χ2v) is 6.71. The topological polar surface area (TPSA) is 83.6 Å². The lowest BCUT2D eigenvalue weighted by atomic mass is 10.1. The molecule has 0 amide bonds. The van der Waals surface area contributed by atoms with Crippen molar-refractivity contribution in [1.82, 2.24) is 0 Å². The van der Waals surface area contributed by atoms with Gasteiger partial charge in [-0.15, -0.1) is 0 Å². The highest BCUT2D eigenvalue weighted by Crippen LogP contribution is 2.54. The molecular formula is C9H11BrNO3P. The Hall–Kier alpha value is -0.190. The van der Waals surface area contributed by atoms with E-state index in [2.05, 4.69) is 15.9 Å². The minimum atomic E-state index is -4.27. The Morgan fingerprint density at radius 1 is 1.40 bits per heavy atom. The predicted molar refractivity (Wildman–Crippen MR) is 60.5 cm³/mol. The monoisotopic (exact) mass is 291 g/mol. The largest absolute Gasteiger partial charge is 0.345 e. The number of rotatable bonds is 1. The number of nitrogens with two attached hydrogens (primary N) is 1. The predicted octanol–water partition coefficient (Wildman–Crippen LogP) is 1.38. The fourth-order valence-corrected chi connectivity index (χ4v) is 3.16. The van der Waals surface area contributed by atoms with Crippen LogP contribution in [0.25, 0.3) is 0 Å². The van der Waals surface area contributed by atoms with Crippen molar-refractivity contribution < 1.29 is 14.4 Å². The minimum Gasteiger partial charge on any atom is -0.323 e. The van der Waals surface area contributed by atoms with Crippen molar-refractivity contribution in [2.24, 2.45) is 5.73 Å². The third-order valence-electron chi connectivity index (χ3n) is 2.78. The lowest BCUT2D eigenvalue weighted by Crippen LogP contribution is -2.40. The van der Waals surface area contributed by atoms with Gasteiger partial charge in [-0.05, 0) is 17.2 Å². The molecule has 1 atom stereocenters. The van der Waals surface area contributed by atoms with E-state index in [9.17, 15) is 14.4 Å². The molecule has 4 N–H and O–H groups in total. The molecule has 0 saturated heterocycles. The van der Waals surface area contributed by atoms with Crippen LogP contribution in [0.2, 0.25) is 0 Å². The van der Waals surface area contributed by atoms with Gasteiger partial charge in [-0.3, -0.25) is 4.57 Å². The van der Waals surface area contributed by atoms with Gasteiger partial charge in [0.15, 0.2) is 0 Å². The Kier molecular flexibility index (Phi) is 2.56. The first-order chi connectivity index (χ1) is 6.83. The Morgan fingerprint density at radius 2 is 2.07 bits per heavy atom. The zero-order chi connectivity index (χ0) is 11.3. The summed E-state index contributed by atoms with van der Waals surface area (Å²) >= 11 is 3.36. The van der Waals surface area contributed by atoms with Crippen molar-refractivity contribution >= 4 is 23.5 Å². The van der Waals surface area contributed by atoms with Crippen LogP contribution in [0, 0.1) is 0 Å². The first-order valence-electron chi connectivity index (χ1n) is 4.44. The highest BCUT2D eigenvalue weighted by atomic mass is 79.9. The van der Waals surface area contributed by atoms with Gasteiger partial charge in [-0.25, -0.2) is 0 Å². The standard InChI is InChI=1S/C9H11BrNO3P/c10-8-3-1-2-6-4-9(11,5-7(6)8)15(12,13)14/h1-3H,4-5,11H2,(H2,12,13,14)/t9-/m1/s1. The molecule has 0 heterocycles. The number of fused-ring (bicyclic) bond motifs is 1. The van der Waals surface area contributed by atoms with E-state index in [1.807, 2.05) is 18.2 Å². The molecule has 1 aromatic carbocycles. The smallest absolute Gasteiger partial charge is 0.323 e. The minimum absolute atomic E-state index is 0.216. The Bertz CT molecular complexity index is 459. The van der Waals surface area contributed by atoms with Gasteiger partial charge in [0.2, 0.25) is 0 Å². The number of benzene rings is 1. The first kappa shape index (κ1) is 11.3. The van der Waals surface area contributed by atoms with Crippen LogP contribution in [0.1, 0.15) is 11.1 Å². The third kappa shape index (κ3) is 1.79. The summed E-state index contributed by atoms with van der Waals surface area (Å²) in [5.74, 6) is 0. The van der Waals surface area contributed by atoms with E-state index >= 15 is 0 Å². The van der Waals surface area contributed by atoms with Crippen LogP contribution in [0.5, 0.6) is 0 Å². The van der Waals surface area contributed by atoms with E-state index in [0.29, 0.717) is 0 Å². The van der Waals surface area contributed by atoms with Crippen molar-refractivity contribution in [3.63, 3.8) is 0 Å². The molecule has 0 saturated carbocycles. The fourth-order valence-electron chi connectivity index (χ4n) is 1.87. The molecule has 0 bridgehead atoms. The van der Waals surface area contributed by atoms with Crippen LogP contribution < -0.4 is 5.73 Å². The maximum absolute atomic E-state index is 11.3. The molecule has 0 fully saturated rings. The summed E-state index contributed by atoms with van der Waals surface area (Å²) in [5, 5.41) is -1.43. The third-order valence-corrected chi connectivity index (χ3v) is 4.99. The highest BCUT2D eigenvalue weighted by molar-refractivity contribution is 9.10. The average Bonchev–Trinajstić information content (AvgIpc) is 2.43. The molecular weight excluding hydrogens is 281 g/mol. The molecule has 82 valence electrons. The number of hydrogen-bond donors (Lipinski definition) is 3. The van der Waals surface area contributed by atoms with E-state index in [-0.39, 0.29) is 12.8 Å². The molecule has 0 spiro atoms. The van der Waals surface area contributed by atoms with E-state index in [1.54, 1.807) is 0 Å². The molecule has 1 aromatic rings. The average molecular weight is 292 g/mol. The van der Waals surface area contributed by atoms with Gasteiger partial charge in [-0.2, -0.15) is 0 Å². The van der Waals surface area contributed by atoms with Crippen LogP contribution >= 0.6 is 23.5 Å². The molecule has 1 aliphatic carbocycles. The molecule has 4 nitrogen and oxygen atoms in total. The van der Waals surface area contributed by atoms with Crippen molar-refractivity contribution in [3.8, 4) is 0 Å². The Labute approximate surface area is 95.8 Å². The first-order valence-corrected chi connectivity index (χ1v) is 6.85. The zero-order valence-corrected chi connectivity index (χ0v) is 10.3. The summed E-state index contributed by atoms with van der Waals surface area (Å²) in [4.78, 5) is 18.4. The summed E-state index contributed by atoms with van der Waals surface area (Å²) in [6.45, 7) is 0. The van der Waals surface area contributed by atoms with Gasteiger partial charge in [0.25, 0.3) is 0 Å². The van der Waals surface area contributed by atoms with E-state index < -0.39 is 12.9 Å². The van der Waals surface area contributed by atoms with Crippen LogP contribution in [0.4, 0.5) is 0 Å². The van der Waals surface area contributed by atoms with Crippen LogP contribution in [0.3, 0.4) is 0 Å². The molecule has 15 heavy (non-hydrogen) atoms. The number of hydrogen-bond acceptors (Lipinski definition) is 2. The summed E-state index contributed by atoms with van der Waals surface area (Å²) in [5.41, 5.74) is 7.59. The Balaban J connectivity index is 2.46. The summed E-state index contributed by atoms with van der Waals surface area (Å²) < 4.78 is 12.2. The summed E-state index contributed by atoms with van der Waals surface area (Å²) in [6, 6.07) is 5.54. The van der Waals surface area contributed by atoms with Gasteiger partial charge in [0.05, 0.1) is 0 Å². The fraction of sp³-hybridized carbons (Fsp3) is 0.333. The van der Waals surface area contributed by atoms with Crippen LogP contribution in [-0.4, -0.2) is 15.1 Å². The maximum Gasteiger partial charge on any atom is 0.345 e. The van der Waals surface area contributed by atoms with E-state index in [1.165, 1.54) is 0 Å². The molecule has 0 unspecified atom stereocenters. The molecule has 0 aliphatic heterocycles. The molecule has 0 aromatic heterocycles. The van der Waals surface area contributed by atoms with Crippen molar-refractivity contribution in [1.29, 1.82) is 0 Å². The second kappa shape index (κ2) is 3.40. The van der Waals surface area contributed by atoms with Gasteiger partial charge < -0.3 is 15.5 Å². The van der Waals surface area contributed by atoms with E-state index in [4.69, 9.17) is 5.73 Å². The van der Waals surface area contributed by atoms with Gasteiger partial charge in [0, 0.05) is 17.3 Å². The van der Waals surface area contributed by atoms with Crippen LogP contribution in [-0.2, 0) is 17.4 Å². The van der Waals surface area contributed by atoms with Crippen molar-refractivity contribution in [2.75, 3.05) is 0 Å². The summed E-state index contributed by atoms with van der Waals surface area (Å²) in [6.07, 6.45) is 0.445. The Morgan fingerprint density at radius 3 is 2.60 bits per heavy atom. The summed E-state index contributed by atoms with van der Waals surface area (Å²) in [7, 11) is -4.27. The quantitative estimate of drug-likeness (QED) is 0.683. The lowest BCUT2D eigenvalue weighted by Gasteiger charge is -2.24. The maximum atomic E-state index is 11.3. The van der Waals surface area contributed by atoms with Gasteiger partial charge >= 0.3 is 7.60 Å². The van der Waals surface area contributed by atoms with Gasteiger partial charge in [0.1, 0.15) is 5.28 Å². The van der Waals surface area contributed by atoms with Crippen molar-refractivity contribution in [2.45, 2.75) is 18.1 Å². The van der Waals surface area contributed by atoms with Gasteiger partial charge in [-0.1, -0.05) is 28.1 Å². The second-order valence-electron chi connectivity index (χ2n) is 3.88. The highest BCUT2D eigenvalue weighted by Gasteiger charge is 2.48.